The van der Waals surface area contributed by atoms with E-state index >= 15 is 0 Å². The number of anilines is 1. The maximum Gasteiger partial charge on any atom is 0.237 e. The number of rotatable bonds is 6. The second kappa shape index (κ2) is 9.41. The summed E-state index contributed by atoms with van der Waals surface area (Å²) < 4.78 is 2.11. The van der Waals surface area contributed by atoms with E-state index in [1.807, 2.05) is 79.9 Å². The van der Waals surface area contributed by atoms with Gasteiger partial charge in [0.1, 0.15) is 0 Å². The fourth-order valence-electron chi connectivity index (χ4n) is 3.27. The van der Waals surface area contributed by atoms with Crippen LogP contribution >= 0.6 is 23.4 Å². The van der Waals surface area contributed by atoms with Gasteiger partial charge in [-0.3, -0.25) is 9.36 Å². The normalized spacial score (nSPS) is 11.8. The number of carbonyl (C=O) groups is 1. The number of nitrogens with zero attached hydrogens (tertiary/aromatic N) is 2. The van der Waals surface area contributed by atoms with Crippen molar-refractivity contribution in [3.8, 4) is 16.9 Å². The lowest BCUT2D eigenvalue weighted by Gasteiger charge is -2.16. The van der Waals surface area contributed by atoms with Gasteiger partial charge in [0, 0.05) is 16.3 Å². The molecule has 0 bridgehead atoms. The maximum atomic E-state index is 12.8. The minimum atomic E-state index is -0.330. The topological polar surface area (TPSA) is 46.9 Å². The first-order chi connectivity index (χ1) is 15.0. The molecule has 6 heteroatoms. The van der Waals surface area contributed by atoms with Crippen molar-refractivity contribution in [2.24, 2.45) is 0 Å². The molecule has 0 saturated heterocycles. The summed E-state index contributed by atoms with van der Waals surface area (Å²) in [7, 11) is 0. The van der Waals surface area contributed by atoms with E-state index in [0.717, 1.165) is 33.4 Å². The molecule has 4 aromatic rings. The number of hydrogen-bond acceptors (Lipinski definition) is 3. The Bertz CT molecular complexity index is 1190. The van der Waals surface area contributed by atoms with Crippen molar-refractivity contribution in [3.63, 3.8) is 0 Å². The lowest BCUT2D eigenvalue weighted by molar-refractivity contribution is -0.115. The first-order valence-electron chi connectivity index (χ1n) is 9.95. The Morgan fingerprint density at radius 1 is 1.00 bits per heavy atom. The number of nitrogens with one attached hydrogen (secondary N) is 1. The van der Waals surface area contributed by atoms with E-state index in [1.165, 1.54) is 11.8 Å². The fourth-order valence-corrected chi connectivity index (χ4v) is 4.29. The van der Waals surface area contributed by atoms with E-state index in [9.17, 15) is 4.79 Å². The molecule has 1 atom stereocenters. The molecular formula is C25H22ClN3OS. The van der Waals surface area contributed by atoms with E-state index in [0.29, 0.717) is 5.02 Å². The van der Waals surface area contributed by atoms with Crippen molar-refractivity contribution in [1.82, 2.24) is 9.55 Å². The number of thioether (sulfide) groups is 1. The zero-order valence-electron chi connectivity index (χ0n) is 17.2. The molecule has 1 unspecified atom stereocenters. The van der Waals surface area contributed by atoms with E-state index < -0.39 is 0 Å². The van der Waals surface area contributed by atoms with Crippen LogP contribution in [0.1, 0.15) is 12.5 Å². The minimum Gasteiger partial charge on any atom is -0.325 e. The molecule has 156 valence electrons. The monoisotopic (exact) mass is 447 g/mol. The van der Waals surface area contributed by atoms with E-state index in [2.05, 4.69) is 33.9 Å². The molecule has 0 spiro atoms. The third-order valence-corrected chi connectivity index (χ3v) is 6.24. The molecule has 0 aliphatic heterocycles. The number of carbonyl (C=O) groups excluding carboxylic acids is 1. The van der Waals surface area contributed by atoms with Crippen LogP contribution in [0.3, 0.4) is 0 Å². The average Bonchev–Trinajstić information content (AvgIpc) is 3.18. The third kappa shape index (κ3) is 4.84. The highest BCUT2D eigenvalue weighted by atomic mass is 35.5. The first kappa shape index (κ1) is 21.2. The van der Waals surface area contributed by atoms with Crippen LogP contribution in [0, 0.1) is 6.92 Å². The average molecular weight is 448 g/mol. The Hall–Kier alpha value is -3.02. The molecular weight excluding hydrogens is 426 g/mol. The van der Waals surface area contributed by atoms with Gasteiger partial charge in [0.25, 0.3) is 0 Å². The number of aryl methyl sites for hydroxylation is 1. The van der Waals surface area contributed by atoms with Crippen LogP contribution in [0.25, 0.3) is 16.9 Å². The Morgan fingerprint density at radius 2 is 1.68 bits per heavy atom. The van der Waals surface area contributed by atoms with Gasteiger partial charge in [0.05, 0.1) is 22.8 Å². The maximum absolute atomic E-state index is 12.8. The SMILES string of the molecule is Cc1ccccc1-n1c(-c2ccc(Cl)cc2)cnc1SC(C)C(=O)Nc1ccccc1. The molecule has 1 N–H and O–H groups in total. The van der Waals surface area contributed by atoms with Gasteiger partial charge in [-0.1, -0.05) is 71.9 Å². The zero-order valence-corrected chi connectivity index (χ0v) is 18.8. The van der Waals surface area contributed by atoms with Crippen LogP contribution in [-0.4, -0.2) is 20.7 Å². The van der Waals surface area contributed by atoms with E-state index in [1.54, 1.807) is 0 Å². The van der Waals surface area contributed by atoms with Crippen LogP contribution in [0.15, 0.2) is 90.2 Å². The smallest absolute Gasteiger partial charge is 0.237 e. The molecule has 4 nitrogen and oxygen atoms in total. The molecule has 0 fully saturated rings. The predicted octanol–water partition coefficient (Wildman–Crippen LogP) is 6.62. The van der Waals surface area contributed by atoms with Crippen molar-refractivity contribution in [1.29, 1.82) is 0 Å². The van der Waals surface area contributed by atoms with Crippen LogP contribution in [-0.2, 0) is 4.79 Å². The lowest BCUT2D eigenvalue weighted by Crippen LogP contribution is -2.22. The highest BCUT2D eigenvalue weighted by molar-refractivity contribution is 8.00. The van der Waals surface area contributed by atoms with Gasteiger partial charge in [-0.2, -0.15) is 0 Å². The second-order valence-electron chi connectivity index (χ2n) is 7.17. The minimum absolute atomic E-state index is 0.0661. The summed E-state index contributed by atoms with van der Waals surface area (Å²) in [4.78, 5) is 17.4. The Kier molecular flexibility index (Phi) is 6.44. The lowest BCUT2D eigenvalue weighted by atomic mass is 10.1. The van der Waals surface area contributed by atoms with E-state index in [4.69, 9.17) is 11.6 Å². The Morgan fingerprint density at radius 3 is 2.39 bits per heavy atom. The highest BCUT2D eigenvalue weighted by Crippen LogP contribution is 2.33. The molecule has 3 aromatic carbocycles. The number of imidazole rings is 1. The number of amides is 1. The summed E-state index contributed by atoms with van der Waals surface area (Å²) in [6.07, 6.45) is 1.85. The summed E-state index contributed by atoms with van der Waals surface area (Å²) in [5, 5.41) is 4.08. The van der Waals surface area contributed by atoms with Gasteiger partial charge in [-0.05, 0) is 49.7 Å². The molecule has 0 radical (unpaired) electrons. The second-order valence-corrected chi connectivity index (χ2v) is 8.91. The molecule has 4 rings (SSSR count). The Labute approximate surface area is 191 Å². The third-order valence-electron chi connectivity index (χ3n) is 4.92. The van der Waals surface area contributed by atoms with Crippen LogP contribution in [0.4, 0.5) is 5.69 Å². The summed E-state index contributed by atoms with van der Waals surface area (Å²) in [5.74, 6) is -0.0661. The first-order valence-corrected chi connectivity index (χ1v) is 11.2. The van der Waals surface area contributed by atoms with Crippen LogP contribution in [0.2, 0.25) is 5.02 Å². The molecule has 1 aromatic heterocycles. The van der Waals surface area contributed by atoms with Crippen molar-refractivity contribution in [2.45, 2.75) is 24.3 Å². The highest BCUT2D eigenvalue weighted by Gasteiger charge is 2.21. The molecule has 0 saturated carbocycles. The summed E-state index contributed by atoms with van der Waals surface area (Å²) in [5.41, 5.74) is 4.89. The quantitative estimate of drug-likeness (QED) is 0.338. The fraction of sp³-hybridized carbons (Fsp3) is 0.120. The van der Waals surface area contributed by atoms with Crippen LogP contribution in [0.5, 0.6) is 0 Å². The molecule has 31 heavy (non-hydrogen) atoms. The van der Waals surface area contributed by atoms with Gasteiger partial charge in [-0.25, -0.2) is 4.98 Å². The number of hydrogen-bond donors (Lipinski definition) is 1. The summed E-state index contributed by atoms with van der Waals surface area (Å²) in [6.45, 7) is 3.96. The zero-order chi connectivity index (χ0) is 21.8. The van der Waals surface area contributed by atoms with Crippen molar-refractivity contribution in [2.75, 3.05) is 5.32 Å². The van der Waals surface area contributed by atoms with Crippen molar-refractivity contribution < 1.29 is 4.79 Å². The van der Waals surface area contributed by atoms with Crippen LogP contribution < -0.4 is 5.32 Å². The largest absolute Gasteiger partial charge is 0.325 e. The molecule has 0 aliphatic carbocycles. The van der Waals surface area contributed by atoms with Gasteiger partial charge in [0.15, 0.2) is 5.16 Å². The summed E-state index contributed by atoms with van der Waals surface area (Å²) >= 11 is 7.52. The van der Waals surface area contributed by atoms with Gasteiger partial charge < -0.3 is 5.32 Å². The van der Waals surface area contributed by atoms with Crippen molar-refractivity contribution >= 4 is 35.0 Å². The van der Waals surface area contributed by atoms with E-state index in [-0.39, 0.29) is 11.2 Å². The number of benzene rings is 3. The number of para-hydroxylation sites is 2. The standard InChI is InChI=1S/C25H22ClN3OS/c1-17-8-6-7-11-22(17)29-23(19-12-14-20(26)15-13-19)16-27-25(29)31-18(2)24(30)28-21-9-4-3-5-10-21/h3-16,18H,1-2H3,(H,28,30). The molecule has 1 heterocycles. The van der Waals surface area contributed by atoms with Gasteiger partial charge in [-0.15, -0.1) is 0 Å². The van der Waals surface area contributed by atoms with Gasteiger partial charge >= 0.3 is 0 Å². The Balaban J connectivity index is 1.68. The summed E-state index contributed by atoms with van der Waals surface area (Å²) in [6, 6.07) is 25.3. The number of aromatic nitrogens is 2. The predicted molar refractivity (Wildman–Crippen MR) is 129 cm³/mol. The molecule has 1 amide bonds. The molecule has 0 aliphatic rings. The number of halogens is 1. The van der Waals surface area contributed by atoms with Gasteiger partial charge in [0.2, 0.25) is 5.91 Å². The van der Waals surface area contributed by atoms with Crippen molar-refractivity contribution in [3.05, 3.63) is 95.6 Å².